The molecule has 0 aliphatic carbocycles. The summed E-state index contributed by atoms with van der Waals surface area (Å²) >= 11 is 1.96. The van der Waals surface area contributed by atoms with Gasteiger partial charge in [0.25, 0.3) is 0 Å². The van der Waals surface area contributed by atoms with E-state index in [1.54, 1.807) is 12.1 Å². The third-order valence-corrected chi connectivity index (χ3v) is 4.20. The highest BCUT2D eigenvalue weighted by molar-refractivity contribution is 14.1. The Morgan fingerprint density at radius 3 is 2.15 bits per heavy atom. The van der Waals surface area contributed by atoms with Crippen LogP contribution in [0, 0.1) is 15.2 Å². The Morgan fingerprint density at radius 1 is 0.850 bits per heavy atom. The van der Waals surface area contributed by atoms with Crippen molar-refractivity contribution in [1.82, 2.24) is 0 Å². The summed E-state index contributed by atoms with van der Waals surface area (Å²) < 4.78 is 28.0. The molecule has 0 radical (unpaired) electrons. The molecule has 106 valence electrons. The van der Waals surface area contributed by atoms with Crippen molar-refractivity contribution in [3.8, 4) is 0 Å². The van der Waals surface area contributed by atoms with Crippen LogP contribution in [0.15, 0.2) is 36.4 Å². The smallest absolute Gasteiger partial charge is 0.136 e. The quantitative estimate of drug-likeness (QED) is 0.612. The highest BCUT2D eigenvalue weighted by Gasteiger charge is 2.06. The third kappa shape index (κ3) is 4.01. The average molecular weight is 386 g/mol. The monoisotopic (exact) mass is 386 g/mol. The van der Waals surface area contributed by atoms with Crippen molar-refractivity contribution in [2.75, 3.05) is 0 Å². The maximum Gasteiger partial charge on any atom is 0.136 e. The molecule has 0 nitrogen and oxygen atoms in total. The Balaban J connectivity index is 2.05. The highest BCUT2D eigenvalue weighted by Crippen LogP contribution is 2.17. The maximum absolute atomic E-state index is 13.9. The first-order valence-electron chi connectivity index (χ1n) is 6.81. The Kier molecular flexibility index (Phi) is 5.52. The second kappa shape index (κ2) is 7.16. The third-order valence-electron chi connectivity index (χ3n) is 3.32. The summed E-state index contributed by atoms with van der Waals surface area (Å²) in [5.74, 6) is -0.358. The molecule has 0 heterocycles. The van der Waals surface area contributed by atoms with Gasteiger partial charge in [-0.05, 0) is 76.7 Å². The van der Waals surface area contributed by atoms with Crippen LogP contribution in [-0.2, 0) is 19.3 Å². The molecule has 2 aromatic rings. The van der Waals surface area contributed by atoms with Gasteiger partial charge >= 0.3 is 0 Å². The molecule has 0 saturated heterocycles. The van der Waals surface area contributed by atoms with E-state index >= 15 is 0 Å². The van der Waals surface area contributed by atoms with Crippen LogP contribution in [0.5, 0.6) is 0 Å². The number of hydrogen-bond acceptors (Lipinski definition) is 0. The van der Waals surface area contributed by atoms with Crippen molar-refractivity contribution in [2.24, 2.45) is 0 Å². The average Bonchev–Trinajstić information content (AvgIpc) is 2.42. The Labute approximate surface area is 132 Å². The Hall–Kier alpha value is -0.970. The van der Waals surface area contributed by atoms with E-state index in [0.29, 0.717) is 22.0 Å². The van der Waals surface area contributed by atoms with Crippen LogP contribution in [0.25, 0.3) is 0 Å². The molecule has 0 fully saturated rings. The molecule has 20 heavy (non-hydrogen) atoms. The largest absolute Gasteiger partial charge is 0.207 e. The zero-order chi connectivity index (χ0) is 14.5. The molecule has 3 heteroatoms. The first-order chi connectivity index (χ1) is 9.60. The Bertz CT molecular complexity index is 594. The van der Waals surface area contributed by atoms with Gasteiger partial charge in [-0.1, -0.05) is 31.5 Å². The van der Waals surface area contributed by atoms with Gasteiger partial charge in [-0.2, -0.15) is 0 Å². The van der Waals surface area contributed by atoms with Gasteiger partial charge in [0.2, 0.25) is 0 Å². The van der Waals surface area contributed by atoms with Crippen molar-refractivity contribution in [3.63, 3.8) is 0 Å². The van der Waals surface area contributed by atoms with E-state index in [-0.39, 0.29) is 11.6 Å². The Morgan fingerprint density at radius 2 is 1.50 bits per heavy atom. The van der Waals surface area contributed by atoms with Gasteiger partial charge in [0.15, 0.2) is 0 Å². The van der Waals surface area contributed by atoms with E-state index in [2.05, 4.69) is 6.92 Å². The molecule has 2 rings (SSSR count). The van der Waals surface area contributed by atoms with E-state index in [1.807, 2.05) is 40.8 Å². The molecule has 0 spiro atoms. The van der Waals surface area contributed by atoms with Crippen LogP contribution in [0.2, 0.25) is 0 Å². The van der Waals surface area contributed by atoms with Gasteiger partial charge in [-0.3, -0.25) is 0 Å². The normalized spacial score (nSPS) is 10.8. The minimum Gasteiger partial charge on any atom is -0.207 e. The summed E-state index contributed by atoms with van der Waals surface area (Å²) in [6.07, 6.45) is 3.16. The van der Waals surface area contributed by atoms with Crippen LogP contribution in [0.3, 0.4) is 0 Å². The number of hydrogen-bond donors (Lipinski definition) is 0. The van der Waals surface area contributed by atoms with Gasteiger partial charge in [0, 0.05) is 3.57 Å². The molecular weight excluding hydrogens is 369 g/mol. The van der Waals surface area contributed by atoms with Crippen molar-refractivity contribution in [2.45, 2.75) is 32.6 Å². The lowest BCUT2D eigenvalue weighted by Gasteiger charge is -2.07. The summed E-state index contributed by atoms with van der Waals surface area (Å²) in [6, 6.07) is 10.6. The molecule has 0 aliphatic rings. The maximum atomic E-state index is 13.9. The lowest BCUT2D eigenvalue weighted by Crippen LogP contribution is -1.97. The predicted molar refractivity (Wildman–Crippen MR) is 86.9 cm³/mol. The fourth-order valence-electron chi connectivity index (χ4n) is 2.21. The first kappa shape index (κ1) is 15.4. The molecular formula is C17H17F2I. The minimum atomic E-state index is -0.207. The minimum absolute atomic E-state index is 0.151. The highest BCUT2D eigenvalue weighted by atomic mass is 127. The molecule has 0 atom stereocenters. The van der Waals surface area contributed by atoms with Gasteiger partial charge in [0.1, 0.15) is 11.6 Å². The first-order valence-corrected chi connectivity index (χ1v) is 7.89. The van der Waals surface area contributed by atoms with E-state index in [4.69, 9.17) is 0 Å². The summed E-state index contributed by atoms with van der Waals surface area (Å²) in [7, 11) is 0. The van der Waals surface area contributed by atoms with Crippen LogP contribution < -0.4 is 0 Å². The molecule has 0 saturated carbocycles. The van der Waals surface area contributed by atoms with E-state index < -0.39 is 0 Å². The molecule has 0 aliphatic heterocycles. The van der Waals surface area contributed by atoms with Crippen molar-refractivity contribution >= 4 is 22.6 Å². The molecule has 2 aromatic carbocycles. The second-order valence-electron chi connectivity index (χ2n) is 4.92. The van der Waals surface area contributed by atoms with Crippen LogP contribution in [0.4, 0.5) is 8.78 Å². The molecule has 0 aromatic heterocycles. The van der Waals surface area contributed by atoms with E-state index in [0.717, 1.165) is 24.0 Å². The van der Waals surface area contributed by atoms with E-state index in [9.17, 15) is 8.78 Å². The second-order valence-corrected chi connectivity index (χ2v) is 6.09. The number of rotatable bonds is 5. The zero-order valence-electron chi connectivity index (χ0n) is 11.4. The fraction of sp³-hybridized carbons (Fsp3) is 0.294. The molecule has 0 unspecified atom stereocenters. The van der Waals surface area contributed by atoms with Crippen molar-refractivity contribution < 1.29 is 8.78 Å². The summed E-state index contributed by atoms with van der Waals surface area (Å²) in [5, 5.41) is 0. The van der Waals surface area contributed by atoms with Gasteiger partial charge in [0.05, 0.1) is 0 Å². The molecule has 0 bridgehead atoms. The number of halogens is 3. The number of aryl methyl sites for hydroxylation is 3. The lowest BCUT2D eigenvalue weighted by molar-refractivity contribution is 0.604. The van der Waals surface area contributed by atoms with Gasteiger partial charge < -0.3 is 0 Å². The molecule has 0 amide bonds. The summed E-state index contributed by atoms with van der Waals surface area (Å²) in [4.78, 5) is 0. The zero-order valence-corrected chi connectivity index (χ0v) is 13.6. The predicted octanol–water partition coefficient (Wildman–Crippen LogP) is 5.31. The van der Waals surface area contributed by atoms with Crippen LogP contribution in [0.1, 0.15) is 30.0 Å². The number of benzene rings is 2. The van der Waals surface area contributed by atoms with Crippen molar-refractivity contribution in [3.05, 3.63) is 68.3 Å². The van der Waals surface area contributed by atoms with Crippen LogP contribution in [-0.4, -0.2) is 0 Å². The summed E-state index contributed by atoms with van der Waals surface area (Å²) in [5.41, 5.74) is 2.64. The van der Waals surface area contributed by atoms with E-state index in [1.165, 1.54) is 6.07 Å². The summed E-state index contributed by atoms with van der Waals surface area (Å²) in [6.45, 7) is 2.08. The standard InChI is InChI=1S/C17H17F2I/c1-2-3-12-4-7-14(15(18)10-12)8-5-13-6-9-17(20)16(19)11-13/h4,6-7,9-11H,2-3,5,8H2,1H3. The van der Waals surface area contributed by atoms with Crippen molar-refractivity contribution in [1.29, 1.82) is 0 Å². The fourth-order valence-corrected chi connectivity index (χ4v) is 2.55. The lowest BCUT2D eigenvalue weighted by atomic mass is 10.0. The van der Waals surface area contributed by atoms with Gasteiger partial charge in [-0.25, -0.2) is 8.78 Å². The van der Waals surface area contributed by atoms with Gasteiger partial charge in [-0.15, -0.1) is 0 Å². The SMILES string of the molecule is CCCc1ccc(CCc2ccc(I)c(F)c2)c(F)c1. The van der Waals surface area contributed by atoms with Crippen LogP contribution >= 0.6 is 22.6 Å². The molecule has 0 N–H and O–H groups in total. The topological polar surface area (TPSA) is 0 Å².